The molecule has 78 valence electrons. The second-order valence-corrected chi connectivity index (χ2v) is 5.24. The standard InChI is InChI=1S/C10H23N3/c1-10(2,3)9-7-13(4)6-8(5-11)12-9/h8-9,12H,5-7,11H2,1-4H3. The summed E-state index contributed by atoms with van der Waals surface area (Å²) >= 11 is 0. The van der Waals surface area contributed by atoms with Gasteiger partial charge in [-0.3, -0.25) is 0 Å². The molecule has 0 saturated carbocycles. The van der Waals surface area contributed by atoms with Crippen LogP contribution in [0.2, 0.25) is 0 Å². The van der Waals surface area contributed by atoms with Crippen LogP contribution in [0, 0.1) is 5.41 Å². The molecule has 3 heteroatoms. The zero-order valence-electron chi connectivity index (χ0n) is 9.30. The zero-order chi connectivity index (χ0) is 10.1. The Morgan fingerprint density at radius 3 is 2.46 bits per heavy atom. The highest BCUT2D eigenvalue weighted by molar-refractivity contribution is 4.91. The van der Waals surface area contributed by atoms with Crippen molar-refractivity contribution in [2.45, 2.75) is 32.9 Å². The molecule has 2 atom stereocenters. The van der Waals surface area contributed by atoms with Crippen molar-refractivity contribution < 1.29 is 0 Å². The Hall–Kier alpha value is -0.120. The third-order valence-corrected chi connectivity index (χ3v) is 2.79. The minimum atomic E-state index is 0.322. The molecule has 1 aliphatic rings. The Labute approximate surface area is 81.7 Å². The number of nitrogens with two attached hydrogens (primary N) is 1. The predicted octanol–water partition coefficient (Wildman–Crippen LogP) is 0.263. The van der Waals surface area contributed by atoms with Crippen LogP contribution >= 0.6 is 0 Å². The molecule has 1 fully saturated rings. The quantitative estimate of drug-likeness (QED) is 0.616. The first-order chi connectivity index (χ1) is 5.93. The summed E-state index contributed by atoms with van der Waals surface area (Å²) in [5.74, 6) is 0. The van der Waals surface area contributed by atoms with Gasteiger partial charge in [-0.05, 0) is 12.5 Å². The zero-order valence-corrected chi connectivity index (χ0v) is 9.30. The molecule has 0 amide bonds. The van der Waals surface area contributed by atoms with Crippen molar-refractivity contribution in [2.75, 3.05) is 26.7 Å². The second kappa shape index (κ2) is 3.95. The molecule has 1 heterocycles. The summed E-state index contributed by atoms with van der Waals surface area (Å²) in [6, 6.07) is 1.02. The third-order valence-electron chi connectivity index (χ3n) is 2.79. The summed E-state index contributed by atoms with van der Waals surface area (Å²) in [6.07, 6.45) is 0. The van der Waals surface area contributed by atoms with E-state index in [-0.39, 0.29) is 0 Å². The Bertz CT molecular complexity index is 162. The van der Waals surface area contributed by atoms with Gasteiger partial charge < -0.3 is 16.0 Å². The van der Waals surface area contributed by atoms with E-state index in [4.69, 9.17) is 5.73 Å². The molecule has 0 radical (unpaired) electrons. The Morgan fingerprint density at radius 2 is 2.00 bits per heavy atom. The lowest BCUT2D eigenvalue weighted by Crippen LogP contribution is -2.61. The summed E-state index contributed by atoms with van der Waals surface area (Å²) in [6.45, 7) is 9.76. The molecule has 13 heavy (non-hydrogen) atoms. The Morgan fingerprint density at radius 1 is 1.38 bits per heavy atom. The van der Waals surface area contributed by atoms with Gasteiger partial charge in [0.05, 0.1) is 0 Å². The topological polar surface area (TPSA) is 41.3 Å². The maximum atomic E-state index is 5.68. The SMILES string of the molecule is CN1CC(CN)NC(C(C)(C)C)C1. The molecule has 3 N–H and O–H groups in total. The van der Waals surface area contributed by atoms with Crippen molar-refractivity contribution in [3.05, 3.63) is 0 Å². The van der Waals surface area contributed by atoms with Crippen LogP contribution in [0.5, 0.6) is 0 Å². The molecule has 0 aromatic heterocycles. The number of piperazine rings is 1. The van der Waals surface area contributed by atoms with E-state index in [0.29, 0.717) is 17.5 Å². The molecular formula is C10H23N3. The smallest absolute Gasteiger partial charge is 0.0320 e. The molecule has 0 aromatic carbocycles. The summed E-state index contributed by atoms with van der Waals surface area (Å²) in [5, 5.41) is 3.61. The lowest BCUT2D eigenvalue weighted by molar-refractivity contribution is 0.125. The average Bonchev–Trinajstić information content (AvgIpc) is 2.01. The van der Waals surface area contributed by atoms with Gasteiger partial charge in [0, 0.05) is 31.7 Å². The molecule has 2 unspecified atom stereocenters. The van der Waals surface area contributed by atoms with Crippen LogP contribution in [-0.4, -0.2) is 43.7 Å². The van der Waals surface area contributed by atoms with Gasteiger partial charge in [-0.1, -0.05) is 20.8 Å². The molecule has 3 nitrogen and oxygen atoms in total. The fraction of sp³-hybridized carbons (Fsp3) is 1.00. The first kappa shape index (κ1) is 11.0. The average molecular weight is 185 g/mol. The number of likely N-dealkylation sites (N-methyl/N-ethyl adjacent to an activating group) is 1. The van der Waals surface area contributed by atoms with E-state index in [1.807, 2.05) is 0 Å². The summed E-state index contributed by atoms with van der Waals surface area (Å²) in [7, 11) is 2.17. The van der Waals surface area contributed by atoms with Gasteiger partial charge in [-0.2, -0.15) is 0 Å². The summed E-state index contributed by atoms with van der Waals surface area (Å²) < 4.78 is 0. The fourth-order valence-corrected chi connectivity index (χ4v) is 1.82. The highest BCUT2D eigenvalue weighted by Crippen LogP contribution is 2.22. The minimum Gasteiger partial charge on any atom is -0.329 e. The molecule has 1 saturated heterocycles. The van der Waals surface area contributed by atoms with E-state index in [0.717, 1.165) is 19.6 Å². The van der Waals surface area contributed by atoms with Crippen molar-refractivity contribution in [1.29, 1.82) is 0 Å². The number of nitrogens with zero attached hydrogens (tertiary/aromatic N) is 1. The molecule has 1 aliphatic heterocycles. The van der Waals surface area contributed by atoms with Gasteiger partial charge in [-0.15, -0.1) is 0 Å². The third kappa shape index (κ3) is 2.93. The lowest BCUT2D eigenvalue weighted by Gasteiger charge is -2.42. The maximum Gasteiger partial charge on any atom is 0.0320 e. The molecule has 1 rings (SSSR count). The van der Waals surface area contributed by atoms with Crippen LogP contribution in [0.1, 0.15) is 20.8 Å². The van der Waals surface area contributed by atoms with Crippen LogP contribution in [0.3, 0.4) is 0 Å². The maximum absolute atomic E-state index is 5.68. The highest BCUT2D eigenvalue weighted by atomic mass is 15.2. The van der Waals surface area contributed by atoms with Crippen molar-refractivity contribution in [3.63, 3.8) is 0 Å². The highest BCUT2D eigenvalue weighted by Gasteiger charge is 2.31. The molecule has 0 bridgehead atoms. The van der Waals surface area contributed by atoms with Crippen LogP contribution in [0.25, 0.3) is 0 Å². The van der Waals surface area contributed by atoms with E-state index in [1.165, 1.54) is 0 Å². The Kier molecular flexibility index (Phi) is 3.33. The van der Waals surface area contributed by atoms with Crippen LogP contribution in [0.4, 0.5) is 0 Å². The van der Waals surface area contributed by atoms with Gasteiger partial charge in [0.25, 0.3) is 0 Å². The lowest BCUT2D eigenvalue weighted by atomic mass is 9.84. The molecule has 0 spiro atoms. The van der Waals surface area contributed by atoms with Gasteiger partial charge in [0.2, 0.25) is 0 Å². The number of nitrogens with one attached hydrogen (secondary N) is 1. The number of rotatable bonds is 1. The molecular weight excluding hydrogens is 162 g/mol. The number of hydrogen-bond acceptors (Lipinski definition) is 3. The van der Waals surface area contributed by atoms with Crippen molar-refractivity contribution in [2.24, 2.45) is 11.1 Å². The minimum absolute atomic E-state index is 0.322. The monoisotopic (exact) mass is 185 g/mol. The van der Waals surface area contributed by atoms with Gasteiger partial charge in [0.15, 0.2) is 0 Å². The first-order valence-corrected chi connectivity index (χ1v) is 5.08. The van der Waals surface area contributed by atoms with Crippen LogP contribution < -0.4 is 11.1 Å². The van der Waals surface area contributed by atoms with Gasteiger partial charge in [-0.25, -0.2) is 0 Å². The predicted molar refractivity (Wildman–Crippen MR) is 56.7 cm³/mol. The van der Waals surface area contributed by atoms with E-state index in [1.54, 1.807) is 0 Å². The van der Waals surface area contributed by atoms with Crippen LogP contribution in [0.15, 0.2) is 0 Å². The van der Waals surface area contributed by atoms with E-state index >= 15 is 0 Å². The normalized spacial score (nSPS) is 32.1. The van der Waals surface area contributed by atoms with Crippen molar-refractivity contribution in [1.82, 2.24) is 10.2 Å². The van der Waals surface area contributed by atoms with Crippen LogP contribution in [-0.2, 0) is 0 Å². The van der Waals surface area contributed by atoms with Crippen molar-refractivity contribution in [3.8, 4) is 0 Å². The van der Waals surface area contributed by atoms with Gasteiger partial charge in [0.1, 0.15) is 0 Å². The van der Waals surface area contributed by atoms with E-state index in [9.17, 15) is 0 Å². The largest absolute Gasteiger partial charge is 0.329 e. The van der Waals surface area contributed by atoms with Crippen molar-refractivity contribution >= 4 is 0 Å². The molecule has 0 aliphatic carbocycles. The second-order valence-electron chi connectivity index (χ2n) is 5.24. The summed E-state index contributed by atoms with van der Waals surface area (Å²) in [5.41, 5.74) is 6.00. The van der Waals surface area contributed by atoms with E-state index < -0.39 is 0 Å². The van der Waals surface area contributed by atoms with Gasteiger partial charge >= 0.3 is 0 Å². The van der Waals surface area contributed by atoms with E-state index in [2.05, 4.69) is 38.0 Å². The molecule has 0 aromatic rings. The number of hydrogen-bond donors (Lipinski definition) is 2. The first-order valence-electron chi connectivity index (χ1n) is 5.08. The fourth-order valence-electron chi connectivity index (χ4n) is 1.82. The Balaban J connectivity index is 2.57. The summed E-state index contributed by atoms with van der Waals surface area (Å²) in [4.78, 5) is 2.37.